The maximum Gasteiger partial charge on any atom is 0.412 e. The van der Waals surface area contributed by atoms with E-state index in [4.69, 9.17) is 9.47 Å². The standard InChI is InChI=1S/C13H15N3O7/c1-2-14-13(18)23-9-3-4-10-11(7-9)21-8-15(12(10)17)5-6-22-16(19)20/h3-4,7H,2,5-6,8H2,1H3,(H,14,18). The van der Waals surface area contributed by atoms with Gasteiger partial charge in [-0.15, -0.1) is 10.1 Å². The number of nitrogens with zero attached hydrogens (tertiary/aromatic N) is 2. The Hall–Kier alpha value is -3.04. The first-order chi connectivity index (χ1) is 11.0. The summed E-state index contributed by atoms with van der Waals surface area (Å²) in [7, 11) is 0. The molecule has 1 aliphatic rings. The van der Waals surface area contributed by atoms with Crippen LogP contribution in [0.25, 0.3) is 0 Å². The maximum absolute atomic E-state index is 12.2. The molecule has 1 aromatic carbocycles. The van der Waals surface area contributed by atoms with E-state index in [0.29, 0.717) is 6.54 Å². The molecule has 0 radical (unpaired) electrons. The number of amides is 2. The minimum absolute atomic E-state index is 0.0242. The number of ether oxygens (including phenoxy) is 2. The number of fused-ring (bicyclic) bond motifs is 1. The summed E-state index contributed by atoms with van der Waals surface area (Å²) < 4.78 is 10.4. The summed E-state index contributed by atoms with van der Waals surface area (Å²) in [5.74, 6) is 0.179. The molecule has 10 heteroatoms. The van der Waals surface area contributed by atoms with Crippen LogP contribution in [0.2, 0.25) is 0 Å². The zero-order chi connectivity index (χ0) is 16.8. The van der Waals surface area contributed by atoms with Gasteiger partial charge in [0.25, 0.3) is 11.0 Å². The monoisotopic (exact) mass is 325 g/mol. The van der Waals surface area contributed by atoms with E-state index in [-0.39, 0.29) is 42.9 Å². The lowest BCUT2D eigenvalue weighted by Gasteiger charge is -2.28. The van der Waals surface area contributed by atoms with Crippen molar-refractivity contribution in [3.05, 3.63) is 33.9 Å². The third kappa shape index (κ3) is 4.22. The molecule has 0 fully saturated rings. The van der Waals surface area contributed by atoms with Crippen LogP contribution in [0, 0.1) is 10.1 Å². The van der Waals surface area contributed by atoms with Crippen molar-refractivity contribution in [2.24, 2.45) is 0 Å². The van der Waals surface area contributed by atoms with Crippen LogP contribution in [-0.2, 0) is 4.84 Å². The first-order valence-electron chi connectivity index (χ1n) is 6.80. The van der Waals surface area contributed by atoms with E-state index < -0.39 is 11.2 Å². The average molecular weight is 325 g/mol. The van der Waals surface area contributed by atoms with Crippen molar-refractivity contribution >= 4 is 12.0 Å². The van der Waals surface area contributed by atoms with Gasteiger partial charge < -0.3 is 24.5 Å². The molecular weight excluding hydrogens is 310 g/mol. The predicted octanol–water partition coefficient (Wildman–Crippen LogP) is 0.795. The Morgan fingerprint density at radius 1 is 1.52 bits per heavy atom. The largest absolute Gasteiger partial charge is 0.472 e. The molecule has 1 aromatic rings. The fraction of sp³-hybridized carbons (Fsp3) is 0.385. The molecule has 0 bridgehead atoms. The molecule has 1 heterocycles. The Morgan fingerprint density at radius 3 is 3.00 bits per heavy atom. The Bertz CT molecular complexity index is 620. The molecule has 0 aromatic heterocycles. The zero-order valence-electron chi connectivity index (χ0n) is 12.3. The fourth-order valence-electron chi connectivity index (χ4n) is 1.92. The molecule has 0 aliphatic carbocycles. The first kappa shape index (κ1) is 16.3. The van der Waals surface area contributed by atoms with Crippen molar-refractivity contribution in [1.82, 2.24) is 10.2 Å². The molecule has 1 N–H and O–H groups in total. The van der Waals surface area contributed by atoms with Gasteiger partial charge in [0.1, 0.15) is 18.1 Å². The van der Waals surface area contributed by atoms with Crippen molar-refractivity contribution in [1.29, 1.82) is 0 Å². The second kappa shape index (κ2) is 7.29. The molecule has 10 nitrogen and oxygen atoms in total. The van der Waals surface area contributed by atoms with Gasteiger partial charge in [0, 0.05) is 19.2 Å². The molecule has 0 spiro atoms. The van der Waals surface area contributed by atoms with E-state index in [2.05, 4.69) is 10.2 Å². The Kier molecular flexibility index (Phi) is 5.18. The van der Waals surface area contributed by atoms with Crippen molar-refractivity contribution in [3.63, 3.8) is 0 Å². The highest BCUT2D eigenvalue weighted by atomic mass is 16.9. The van der Waals surface area contributed by atoms with E-state index >= 15 is 0 Å². The maximum atomic E-state index is 12.2. The van der Waals surface area contributed by atoms with Crippen molar-refractivity contribution in [3.8, 4) is 11.5 Å². The van der Waals surface area contributed by atoms with Crippen molar-refractivity contribution < 1.29 is 29.0 Å². The quantitative estimate of drug-likeness (QED) is 0.606. The van der Waals surface area contributed by atoms with Gasteiger partial charge in [0.15, 0.2) is 6.73 Å². The lowest BCUT2D eigenvalue weighted by molar-refractivity contribution is -0.757. The van der Waals surface area contributed by atoms with E-state index in [0.717, 1.165) is 0 Å². The lowest BCUT2D eigenvalue weighted by atomic mass is 10.1. The number of rotatable bonds is 6. The number of benzene rings is 1. The molecule has 2 rings (SSSR count). The zero-order valence-corrected chi connectivity index (χ0v) is 12.3. The summed E-state index contributed by atoms with van der Waals surface area (Å²) >= 11 is 0. The van der Waals surface area contributed by atoms with Gasteiger partial charge in [-0.2, -0.15) is 0 Å². The van der Waals surface area contributed by atoms with Gasteiger partial charge in [-0.05, 0) is 19.1 Å². The van der Waals surface area contributed by atoms with E-state index in [9.17, 15) is 19.7 Å². The summed E-state index contributed by atoms with van der Waals surface area (Å²) in [5, 5.41) is 11.6. The molecule has 0 saturated carbocycles. The summed E-state index contributed by atoms with van der Waals surface area (Å²) in [6.07, 6.45) is -0.604. The third-order valence-electron chi connectivity index (χ3n) is 2.94. The fourth-order valence-corrected chi connectivity index (χ4v) is 1.92. The highest BCUT2D eigenvalue weighted by Crippen LogP contribution is 2.29. The predicted molar refractivity (Wildman–Crippen MR) is 75.6 cm³/mol. The smallest absolute Gasteiger partial charge is 0.412 e. The summed E-state index contributed by atoms with van der Waals surface area (Å²) in [6.45, 7) is 1.90. The van der Waals surface area contributed by atoms with Gasteiger partial charge in [-0.3, -0.25) is 4.79 Å². The van der Waals surface area contributed by atoms with Crippen LogP contribution in [0.4, 0.5) is 4.79 Å². The molecule has 23 heavy (non-hydrogen) atoms. The molecule has 0 unspecified atom stereocenters. The second-order valence-corrected chi connectivity index (χ2v) is 4.48. The molecule has 1 aliphatic heterocycles. The topological polar surface area (TPSA) is 120 Å². The summed E-state index contributed by atoms with van der Waals surface area (Å²) in [6, 6.07) is 4.37. The van der Waals surface area contributed by atoms with Crippen molar-refractivity contribution in [2.45, 2.75) is 6.92 Å². The number of hydrogen-bond donors (Lipinski definition) is 1. The van der Waals surface area contributed by atoms with Crippen LogP contribution in [-0.4, -0.2) is 48.4 Å². The van der Waals surface area contributed by atoms with E-state index in [1.807, 2.05) is 0 Å². The molecule has 0 saturated heterocycles. The lowest BCUT2D eigenvalue weighted by Crippen LogP contribution is -2.40. The van der Waals surface area contributed by atoms with Gasteiger partial charge in [0.05, 0.1) is 5.56 Å². The number of carbonyl (C=O) groups is 2. The first-order valence-corrected chi connectivity index (χ1v) is 6.80. The van der Waals surface area contributed by atoms with E-state index in [1.165, 1.54) is 23.1 Å². The van der Waals surface area contributed by atoms with Crippen LogP contribution in [0.3, 0.4) is 0 Å². The van der Waals surface area contributed by atoms with Gasteiger partial charge in [-0.25, -0.2) is 4.79 Å². The normalized spacial score (nSPS) is 12.9. The van der Waals surface area contributed by atoms with Gasteiger partial charge >= 0.3 is 6.09 Å². The minimum Gasteiger partial charge on any atom is -0.472 e. The highest BCUT2D eigenvalue weighted by Gasteiger charge is 2.26. The average Bonchev–Trinajstić information content (AvgIpc) is 2.49. The third-order valence-corrected chi connectivity index (χ3v) is 2.94. The summed E-state index contributed by atoms with van der Waals surface area (Å²) in [4.78, 5) is 39.1. The van der Waals surface area contributed by atoms with Crippen molar-refractivity contribution in [2.75, 3.05) is 26.4 Å². The molecule has 2 amide bonds. The van der Waals surface area contributed by atoms with Crippen LogP contribution < -0.4 is 14.8 Å². The van der Waals surface area contributed by atoms with Crippen LogP contribution >= 0.6 is 0 Å². The number of nitrogens with one attached hydrogen (secondary N) is 1. The van der Waals surface area contributed by atoms with Crippen LogP contribution in [0.1, 0.15) is 17.3 Å². The highest BCUT2D eigenvalue weighted by molar-refractivity contribution is 5.98. The minimum atomic E-state index is -0.922. The molecule has 0 atom stereocenters. The SMILES string of the molecule is CCNC(=O)Oc1ccc2c(c1)OCN(CCO[N+](=O)[O-])C2=O. The van der Waals surface area contributed by atoms with Gasteiger partial charge in [-0.1, -0.05) is 0 Å². The second-order valence-electron chi connectivity index (χ2n) is 4.48. The van der Waals surface area contributed by atoms with E-state index in [1.54, 1.807) is 6.92 Å². The summed E-state index contributed by atoms with van der Waals surface area (Å²) in [5.41, 5.74) is 0.278. The van der Waals surface area contributed by atoms with Gasteiger partial charge in [0.2, 0.25) is 0 Å². The number of hydrogen-bond acceptors (Lipinski definition) is 7. The van der Waals surface area contributed by atoms with Crippen LogP contribution in [0.15, 0.2) is 18.2 Å². The Labute approximate surface area is 131 Å². The Balaban J connectivity index is 2.02. The number of carbonyl (C=O) groups excluding carboxylic acids is 2. The van der Waals surface area contributed by atoms with Crippen LogP contribution in [0.5, 0.6) is 11.5 Å². The Morgan fingerprint density at radius 2 is 2.30 bits per heavy atom. The molecular formula is C13H15N3O7. The molecule has 124 valence electrons.